The molecule has 2 amide bonds. The number of rotatable bonds is 5. The summed E-state index contributed by atoms with van der Waals surface area (Å²) in [5, 5.41) is 2.93. The van der Waals surface area contributed by atoms with E-state index < -0.39 is 0 Å². The molecule has 0 radical (unpaired) electrons. The highest BCUT2D eigenvalue weighted by Crippen LogP contribution is 2.19. The number of carbonyl (C=O) groups excluding carboxylic acids is 2. The molecule has 4 nitrogen and oxygen atoms in total. The van der Waals surface area contributed by atoms with Gasteiger partial charge in [-0.15, -0.1) is 0 Å². The van der Waals surface area contributed by atoms with Gasteiger partial charge in [0.05, 0.1) is 0 Å². The van der Waals surface area contributed by atoms with Gasteiger partial charge in [0.2, 0.25) is 0 Å². The summed E-state index contributed by atoms with van der Waals surface area (Å²) in [6.07, 6.45) is 2.12. The molecule has 1 aliphatic carbocycles. The number of hydrogen-bond donors (Lipinski definition) is 1. The van der Waals surface area contributed by atoms with E-state index in [4.69, 9.17) is 0 Å². The molecule has 19 heavy (non-hydrogen) atoms. The third-order valence-corrected chi connectivity index (χ3v) is 3.33. The fourth-order valence-electron chi connectivity index (χ4n) is 1.98. The average Bonchev–Trinajstić information content (AvgIpc) is 3.24. The lowest BCUT2D eigenvalue weighted by Gasteiger charge is -2.18. The van der Waals surface area contributed by atoms with Crippen LogP contribution in [0.4, 0.5) is 0 Å². The fourth-order valence-corrected chi connectivity index (χ4v) is 1.98. The van der Waals surface area contributed by atoms with Crippen molar-refractivity contribution < 1.29 is 9.59 Å². The smallest absolute Gasteiger partial charge is 0.253 e. The number of carbonyl (C=O) groups is 2. The first-order valence-electron chi connectivity index (χ1n) is 6.86. The number of hydrogen-bond acceptors (Lipinski definition) is 2. The number of nitrogens with zero attached hydrogens (tertiary/aromatic N) is 1. The zero-order chi connectivity index (χ0) is 13.8. The van der Waals surface area contributed by atoms with Crippen LogP contribution in [0.2, 0.25) is 0 Å². The van der Waals surface area contributed by atoms with E-state index in [0.717, 1.165) is 12.8 Å². The fraction of sp³-hybridized carbons (Fsp3) is 0.467. The first-order valence-corrected chi connectivity index (χ1v) is 6.86. The Labute approximate surface area is 113 Å². The summed E-state index contributed by atoms with van der Waals surface area (Å²) in [6, 6.07) is 7.27. The average molecular weight is 260 g/mol. The molecule has 1 N–H and O–H groups in total. The molecule has 1 saturated carbocycles. The van der Waals surface area contributed by atoms with Crippen LogP contribution < -0.4 is 5.32 Å². The van der Waals surface area contributed by atoms with Crippen LogP contribution in [0.3, 0.4) is 0 Å². The molecule has 0 aliphatic heterocycles. The summed E-state index contributed by atoms with van der Waals surface area (Å²) in [4.78, 5) is 25.9. The maximum absolute atomic E-state index is 12.2. The normalized spacial score (nSPS) is 14.0. The van der Waals surface area contributed by atoms with Gasteiger partial charge in [-0.2, -0.15) is 0 Å². The molecule has 1 aromatic carbocycles. The van der Waals surface area contributed by atoms with Crippen molar-refractivity contribution in [3.05, 3.63) is 35.4 Å². The number of benzene rings is 1. The molecule has 0 bridgehead atoms. The van der Waals surface area contributed by atoms with Gasteiger partial charge < -0.3 is 10.2 Å². The number of nitrogens with one attached hydrogen (secondary N) is 1. The Morgan fingerprint density at radius 1 is 1.21 bits per heavy atom. The molecule has 4 heteroatoms. The highest BCUT2D eigenvalue weighted by Gasteiger charge is 2.24. The molecule has 2 rings (SSSR count). The number of amides is 2. The summed E-state index contributed by atoms with van der Waals surface area (Å²) in [5.41, 5.74) is 1.14. The van der Waals surface area contributed by atoms with Crippen LogP contribution in [0.5, 0.6) is 0 Å². The van der Waals surface area contributed by atoms with E-state index in [1.807, 2.05) is 13.8 Å². The summed E-state index contributed by atoms with van der Waals surface area (Å²) in [5.74, 6) is -0.109. The predicted molar refractivity (Wildman–Crippen MR) is 74.2 cm³/mol. The van der Waals surface area contributed by atoms with Crippen LogP contribution in [-0.4, -0.2) is 35.8 Å². The third kappa shape index (κ3) is 3.34. The maximum Gasteiger partial charge on any atom is 0.253 e. The van der Waals surface area contributed by atoms with Gasteiger partial charge in [-0.3, -0.25) is 9.59 Å². The molecule has 0 atom stereocenters. The van der Waals surface area contributed by atoms with Crippen LogP contribution in [-0.2, 0) is 0 Å². The lowest BCUT2D eigenvalue weighted by atomic mass is 10.1. The van der Waals surface area contributed by atoms with Crippen LogP contribution in [0.1, 0.15) is 47.4 Å². The first kappa shape index (κ1) is 13.6. The van der Waals surface area contributed by atoms with Gasteiger partial charge in [0.15, 0.2) is 0 Å². The summed E-state index contributed by atoms with van der Waals surface area (Å²) in [6.45, 7) is 5.25. The molecular formula is C15H20N2O2. The van der Waals surface area contributed by atoms with Crippen molar-refractivity contribution in [3.8, 4) is 0 Å². The molecule has 0 unspecified atom stereocenters. The lowest BCUT2D eigenvalue weighted by molar-refractivity contribution is 0.0773. The van der Waals surface area contributed by atoms with E-state index in [2.05, 4.69) is 5.32 Å². The van der Waals surface area contributed by atoms with Crippen LogP contribution >= 0.6 is 0 Å². The van der Waals surface area contributed by atoms with Crippen LogP contribution in [0.15, 0.2) is 24.3 Å². The largest absolute Gasteiger partial charge is 0.349 e. The maximum atomic E-state index is 12.2. The van der Waals surface area contributed by atoms with Crippen molar-refractivity contribution >= 4 is 11.8 Å². The van der Waals surface area contributed by atoms with Gasteiger partial charge in [0, 0.05) is 30.3 Å². The topological polar surface area (TPSA) is 49.4 Å². The minimum atomic E-state index is -0.0864. The predicted octanol–water partition coefficient (Wildman–Crippen LogP) is 2.06. The summed E-state index contributed by atoms with van der Waals surface area (Å²) in [7, 11) is 0. The van der Waals surface area contributed by atoms with Crippen molar-refractivity contribution in [2.75, 3.05) is 13.1 Å². The van der Waals surface area contributed by atoms with Gasteiger partial charge in [0.1, 0.15) is 0 Å². The van der Waals surface area contributed by atoms with Crippen molar-refractivity contribution in [3.63, 3.8) is 0 Å². The Balaban J connectivity index is 2.13. The highest BCUT2D eigenvalue weighted by molar-refractivity contribution is 5.99. The van der Waals surface area contributed by atoms with Gasteiger partial charge >= 0.3 is 0 Å². The van der Waals surface area contributed by atoms with Crippen molar-refractivity contribution in [1.29, 1.82) is 0 Å². The molecule has 0 saturated heterocycles. The van der Waals surface area contributed by atoms with Crippen LogP contribution in [0.25, 0.3) is 0 Å². The Hall–Kier alpha value is -1.84. The molecule has 0 spiro atoms. The zero-order valence-corrected chi connectivity index (χ0v) is 11.5. The standard InChI is InChI=1S/C15H20N2O2/c1-3-17(4-2)15(19)12-7-5-6-11(10-12)14(18)16-13-8-9-13/h5-7,10,13H,3-4,8-9H2,1-2H3,(H,16,18). The lowest BCUT2D eigenvalue weighted by Crippen LogP contribution is -2.31. The highest BCUT2D eigenvalue weighted by atomic mass is 16.2. The quantitative estimate of drug-likeness (QED) is 0.881. The second-order valence-corrected chi connectivity index (χ2v) is 4.81. The molecule has 0 heterocycles. The van der Waals surface area contributed by atoms with E-state index >= 15 is 0 Å². The van der Waals surface area contributed by atoms with E-state index in [-0.39, 0.29) is 11.8 Å². The third-order valence-electron chi connectivity index (χ3n) is 3.33. The van der Waals surface area contributed by atoms with E-state index in [0.29, 0.717) is 30.3 Å². The second-order valence-electron chi connectivity index (χ2n) is 4.81. The summed E-state index contributed by atoms with van der Waals surface area (Å²) >= 11 is 0. The second kappa shape index (κ2) is 5.87. The molecule has 0 aromatic heterocycles. The van der Waals surface area contributed by atoms with Crippen molar-refractivity contribution in [2.45, 2.75) is 32.7 Å². The zero-order valence-electron chi connectivity index (χ0n) is 11.5. The van der Waals surface area contributed by atoms with E-state index in [9.17, 15) is 9.59 Å². The van der Waals surface area contributed by atoms with Crippen molar-refractivity contribution in [1.82, 2.24) is 10.2 Å². The monoisotopic (exact) mass is 260 g/mol. The first-order chi connectivity index (χ1) is 9.15. The van der Waals surface area contributed by atoms with Gasteiger partial charge in [-0.25, -0.2) is 0 Å². The Morgan fingerprint density at radius 3 is 2.42 bits per heavy atom. The Morgan fingerprint density at radius 2 is 1.84 bits per heavy atom. The van der Waals surface area contributed by atoms with Crippen molar-refractivity contribution in [2.24, 2.45) is 0 Å². The van der Waals surface area contributed by atoms with Gasteiger partial charge in [-0.1, -0.05) is 6.07 Å². The van der Waals surface area contributed by atoms with Gasteiger partial charge in [0.25, 0.3) is 11.8 Å². The molecular weight excluding hydrogens is 240 g/mol. The molecule has 1 aliphatic rings. The van der Waals surface area contributed by atoms with E-state index in [1.165, 1.54) is 0 Å². The molecule has 1 aromatic rings. The molecule has 102 valence electrons. The Bertz CT molecular complexity index is 477. The minimum absolute atomic E-state index is 0.0222. The Kier molecular flexibility index (Phi) is 4.20. The van der Waals surface area contributed by atoms with Gasteiger partial charge in [-0.05, 0) is 44.9 Å². The molecule has 1 fully saturated rings. The van der Waals surface area contributed by atoms with Crippen LogP contribution in [0, 0.1) is 0 Å². The summed E-state index contributed by atoms with van der Waals surface area (Å²) < 4.78 is 0. The van der Waals surface area contributed by atoms with E-state index in [1.54, 1.807) is 29.2 Å². The SMILES string of the molecule is CCN(CC)C(=O)c1cccc(C(=O)NC2CC2)c1. The minimum Gasteiger partial charge on any atom is -0.349 e.